The van der Waals surface area contributed by atoms with Gasteiger partial charge in [0.05, 0.1) is 6.04 Å². The Kier molecular flexibility index (Phi) is 6.39. The molecule has 37 heavy (non-hydrogen) atoms. The quantitative estimate of drug-likeness (QED) is 0.637. The molecule has 0 radical (unpaired) electrons. The number of pyridine rings is 1. The van der Waals surface area contributed by atoms with E-state index in [1.165, 1.54) is 24.3 Å². The van der Waals surface area contributed by atoms with Crippen LogP contribution in [0, 0.1) is 11.6 Å². The molecular formula is C27H31F2N5O3. The van der Waals surface area contributed by atoms with Gasteiger partial charge in [-0.25, -0.2) is 13.8 Å². The van der Waals surface area contributed by atoms with Crippen LogP contribution in [0.3, 0.4) is 0 Å². The van der Waals surface area contributed by atoms with Gasteiger partial charge in [0.25, 0.3) is 5.91 Å². The number of anilines is 1. The van der Waals surface area contributed by atoms with Crippen LogP contribution in [0.2, 0.25) is 0 Å². The second-order valence-electron chi connectivity index (χ2n) is 10.3. The van der Waals surface area contributed by atoms with Crippen LogP contribution in [0.5, 0.6) is 5.75 Å². The number of hydrogen-bond donors (Lipinski definition) is 1. The zero-order chi connectivity index (χ0) is 26.5. The zero-order valence-electron chi connectivity index (χ0n) is 21.3. The van der Waals surface area contributed by atoms with Gasteiger partial charge in [-0.15, -0.1) is 0 Å². The fourth-order valence-electron chi connectivity index (χ4n) is 5.61. The van der Waals surface area contributed by atoms with Gasteiger partial charge in [0.15, 0.2) is 11.6 Å². The van der Waals surface area contributed by atoms with Gasteiger partial charge in [-0.05, 0) is 45.5 Å². The van der Waals surface area contributed by atoms with Crippen LogP contribution in [-0.2, 0) is 4.79 Å². The average molecular weight is 512 g/mol. The van der Waals surface area contributed by atoms with Crippen molar-refractivity contribution >= 4 is 17.6 Å². The molecule has 2 aromatic rings. The summed E-state index contributed by atoms with van der Waals surface area (Å²) in [4.78, 5) is 36.1. The predicted octanol–water partition coefficient (Wildman–Crippen LogP) is 2.83. The maximum atomic E-state index is 16.1. The highest BCUT2D eigenvalue weighted by Crippen LogP contribution is 2.43. The average Bonchev–Trinajstić information content (AvgIpc) is 3.12. The minimum Gasteiger partial charge on any atom is -0.487 e. The second kappa shape index (κ2) is 9.41. The van der Waals surface area contributed by atoms with Crippen LogP contribution in [-0.4, -0.2) is 84.1 Å². The summed E-state index contributed by atoms with van der Waals surface area (Å²) in [5.74, 6) is -2.10. The molecule has 2 fully saturated rings. The number of nitrogens with zero attached hydrogens (tertiary/aromatic N) is 4. The van der Waals surface area contributed by atoms with Crippen molar-refractivity contribution in [3.8, 4) is 17.0 Å². The zero-order valence-corrected chi connectivity index (χ0v) is 21.3. The van der Waals surface area contributed by atoms with Crippen molar-refractivity contribution in [1.82, 2.24) is 20.1 Å². The molecule has 1 unspecified atom stereocenters. The maximum Gasteiger partial charge on any atom is 0.262 e. The molecule has 1 aromatic carbocycles. The first-order chi connectivity index (χ1) is 17.7. The van der Waals surface area contributed by atoms with Gasteiger partial charge in [0.1, 0.15) is 29.5 Å². The number of ether oxygens (including phenoxy) is 1. The van der Waals surface area contributed by atoms with Crippen LogP contribution < -0.4 is 15.0 Å². The van der Waals surface area contributed by atoms with Gasteiger partial charge in [-0.1, -0.05) is 18.7 Å². The topological polar surface area (TPSA) is 78.0 Å². The van der Waals surface area contributed by atoms with Crippen LogP contribution in [0.1, 0.15) is 30.6 Å². The number of fused-ring (bicyclic) bond motifs is 2. The number of aromatic nitrogens is 1. The first-order valence-corrected chi connectivity index (χ1v) is 12.4. The lowest BCUT2D eigenvalue weighted by atomic mass is 9.99. The number of halogens is 2. The third kappa shape index (κ3) is 4.22. The lowest BCUT2D eigenvalue weighted by Crippen LogP contribution is -2.57. The molecule has 0 aliphatic carbocycles. The van der Waals surface area contributed by atoms with Gasteiger partial charge < -0.3 is 24.8 Å². The Morgan fingerprint density at radius 1 is 1.24 bits per heavy atom. The van der Waals surface area contributed by atoms with Gasteiger partial charge in [-0.3, -0.25) is 9.59 Å². The fourth-order valence-corrected chi connectivity index (χ4v) is 5.61. The van der Waals surface area contributed by atoms with Gasteiger partial charge in [0, 0.05) is 43.3 Å². The Balaban J connectivity index is 1.67. The molecule has 196 valence electrons. The molecule has 4 heterocycles. The SMILES string of the molecule is C=CC(=O)N1CCN2C(=O)c3c(N4CC(NC)CC4(C)C)nc(-c4ccccc4F)c(F)c3OC[C@H]2C1. The minimum atomic E-state index is -0.877. The molecule has 2 amide bonds. The summed E-state index contributed by atoms with van der Waals surface area (Å²) in [5.41, 5.74) is -0.591. The minimum absolute atomic E-state index is 0.00741. The lowest BCUT2D eigenvalue weighted by Gasteiger charge is -2.40. The smallest absolute Gasteiger partial charge is 0.262 e. The number of carbonyl (C=O) groups excluding carboxylic acids is 2. The fraction of sp³-hybridized carbons (Fsp3) is 0.444. The molecule has 0 spiro atoms. The van der Waals surface area contributed by atoms with E-state index in [1.54, 1.807) is 15.9 Å². The van der Waals surface area contributed by atoms with Crippen molar-refractivity contribution in [2.45, 2.75) is 37.9 Å². The van der Waals surface area contributed by atoms with Crippen molar-refractivity contribution in [3.63, 3.8) is 0 Å². The number of piperazine rings is 1. The van der Waals surface area contributed by atoms with E-state index >= 15 is 4.39 Å². The van der Waals surface area contributed by atoms with E-state index in [9.17, 15) is 14.0 Å². The number of amides is 2. The molecule has 1 N–H and O–H groups in total. The molecule has 3 aliphatic rings. The standard InChI is InChI=1S/C27H31F2N5O3/c1-5-20(35)32-10-11-33-17(14-32)15-37-24-21(26(33)36)25(34-13-16(30-4)12-27(34,2)3)31-23(22(24)29)18-8-6-7-9-19(18)28/h5-9,16-17,30H,1,10-15H2,2-4H3/t16?,17-/m1/s1. The van der Waals surface area contributed by atoms with Gasteiger partial charge in [0.2, 0.25) is 5.91 Å². The van der Waals surface area contributed by atoms with E-state index in [1.807, 2.05) is 25.8 Å². The Bertz CT molecular complexity index is 1270. The Hall–Kier alpha value is -3.53. The maximum absolute atomic E-state index is 16.1. The predicted molar refractivity (Wildman–Crippen MR) is 136 cm³/mol. The van der Waals surface area contributed by atoms with Crippen molar-refractivity contribution in [2.75, 3.05) is 44.7 Å². The molecule has 10 heteroatoms. The molecule has 5 rings (SSSR count). The van der Waals surface area contributed by atoms with Crippen LogP contribution in [0.25, 0.3) is 11.3 Å². The summed E-state index contributed by atoms with van der Waals surface area (Å²) in [5, 5.41) is 3.28. The van der Waals surface area contributed by atoms with E-state index in [0.717, 1.165) is 6.42 Å². The number of benzene rings is 1. The van der Waals surface area contributed by atoms with Crippen molar-refractivity contribution in [2.24, 2.45) is 0 Å². The normalized spacial score (nSPS) is 22.7. The highest BCUT2D eigenvalue weighted by molar-refractivity contribution is 6.03. The number of rotatable bonds is 4. The summed E-state index contributed by atoms with van der Waals surface area (Å²) in [6.07, 6.45) is 2.01. The summed E-state index contributed by atoms with van der Waals surface area (Å²) in [6, 6.07) is 5.49. The van der Waals surface area contributed by atoms with E-state index in [2.05, 4.69) is 16.9 Å². The van der Waals surface area contributed by atoms with E-state index < -0.39 is 29.1 Å². The van der Waals surface area contributed by atoms with E-state index in [0.29, 0.717) is 13.1 Å². The summed E-state index contributed by atoms with van der Waals surface area (Å²) < 4.78 is 36.9. The monoisotopic (exact) mass is 511 g/mol. The largest absolute Gasteiger partial charge is 0.487 e. The third-order valence-electron chi connectivity index (χ3n) is 7.61. The second-order valence-corrected chi connectivity index (χ2v) is 10.3. The Labute approximate surface area is 214 Å². The van der Waals surface area contributed by atoms with E-state index in [4.69, 9.17) is 4.74 Å². The van der Waals surface area contributed by atoms with Crippen LogP contribution >= 0.6 is 0 Å². The van der Waals surface area contributed by atoms with Gasteiger partial charge >= 0.3 is 0 Å². The number of nitrogens with one attached hydrogen (secondary N) is 1. The third-order valence-corrected chi connectivity index (χ3v) is 7.61. The molecule has 1 aromatic heterocycles. The van der Waals surface area contributed by atoms with E-state index in [-0.39, 0.29) is 60.0 Å². The molecule has 2 saturated heterocycles. The van der Waals surface area contributed by atoms with Crippen molar-refractivity contribution in [1.29, 1.82) is 0 Å². The Morgan fingerprint density at radius 3 is 2.68 bits per heavy atom. The number of carbonyl (C=O) groups is 2. The summed E-state index contributed by atoms with van der Waals surface area (Å²) in [7, 11) is 1.87. The van der Waals surface area contributed by atoms with Crippen LogP contribution in [0.15, 0.2) is 36.9 Å². The highest BCUT2D eigenvalue weighted by atomic mass is 19.1. The first kappa shape index (κ1) is 25.1. The molecular weight excluding hydrogens is 480 g/mol. The van der Waals surface area contributed by atoms with Crippen molar-refractivity contribution < 1.29 is 23.1 Å². The molecule has 0 bridgehead atoms. The summed E-state index contributed by atoms with van der Waals surface area (Å²) >= 11 is 0. The lowest BCUT2D eigenvalue weighted by molar-refractivity contribution is -0.128. The molecule has 2 atom stereocenters. The molecule has 0 saturated carbocycles. The van der Waals surface area contributed by atoms with Crippen LogP contribution in [0.4, 0.5) is 14.6 Å². The summed E-state index contributed by atoms with van der Waals surface area (Å²) in [6.45, 7) is 8.98. The van der Waals surface area contributed by atoms with Gasteiger partial charge in [-0.2, -0.15) is 0 Å². The highest BCUT2D eigenvalue weighted by Gasteiger charge is 2.45. The number of hydrogen-bond acceptors (Lipinski definition) is 6. The Morgan fingerprint density at radius 2 is 2.00 bits per heavy atom. The molecule has 3 aliphatic heterocycles. The first-order valence-electron chi connectivity index (χ1n) is 12.4. The van der Waals surface area contributed by atoms with Crippen molar-refractivity contribution in [3.05, 3.63) is 54.1 Å². The number of likely N-dealkylation sites (N-methyl/N-ethyl adjacent to an activating group) is 1. The molecule has 8 nitrogen and oxygen atoms in total.